The van der Waals surface area contributed by atoms with E-state index in [0.717, 1.165) is 47.6 Å². The number of aryl methyl sites for hydroxylation is 3. The van der Waals surface area contributed by atoms with E-state index < -0.39 is 0 Å². The Balaban J connectivity index is 1.37. The summed E-state index contributed by atoms with van der Waals surface area (Å²) in [7, 11) is 1.66. The number of fused-ring (bicyclic) bond motifs is 1. The maximum atomic E-state index is 12.9. The summed E-state index contributed by atoms with van der Waals surface area (Å²) in [4.78, 5) is 29.3. The first kappa shape index (κ1) is 22.6. The average Bonchev–Trinajstić information content (AvgIpc) is 2.80. The number of anilines is 2. The molecule has 5 nitrogen and oxygen atoms in total. The fourth-order valence-electron chi connectivity index (χ4n) is 4.59. The molecule has 0 atom stereocenters. The van der Waals surface area contributed by atoms with E-state index in [1.807, 2.05) is 57.2 Å². The zero-order chi connectivity index (χ0) is 23.5. The third-order valence-electron chi connectivity index (χ3n) is 6.28. The van der Waals surface area contributed by atoms with Gasteiger partial charge in [-0.15, -0.1) is 0 Å². The minimum atomic E-state index is -0.204. The van der Waals surface area contributed by atoms with Gasteiger partial charge in [-0.3, -0.25) is 9.59 Å². The van der Waals surface area contributed by atoms with E-state index in [1.54, 1.807) is 7.05 Å². The van der Waals surface area contributed by atoms with Gasteiger partial charge in [-0.25, -0.2) is 0 Å². The lowest BCUT2D eigenvalue weighted by molar-refractivity contribution is -0.116. The van der Waals surface area contributed by atoms with Gasteiger partial charge >= 0.3 is 0 Å². The van der Waals surface area contributed by atoms with E-state index in [1.165, 1.54) is 16.0 Å². The maximum absolute atomic E-state index is 12.9. The van der Waals surface area contributed by atoms with Gasteiger partial charge in [-0.1, -0.05) is 42.0 Å². The molecule has 1 N–H and O–H groups in total. The van der Waals surface area contributed by atoms with Crippen molar-refractivity contribution >= 4 is 23.2 Å². The Hall–Kier alpha value is -3.60. The van der Waals surface area contributed by atoms with Crippen molar-refractivity contribution in [1.29, 1.82) is 0 Å². The zero-order valence-electron chi connectivity index (χ0n) is 19.8. The molecule has 1 aliphatic rings. The van der Waals surface area contributed by atoms with E-state index in [4.69, 9.17) is 0 Å². The summed E-state index contributed by atoms with van der Waals surface area (Å²) >= 11 is 0. The molecule has 5 heteroatoms. The smallest absolute Gasteiger partial charge is 0.254 e. The fourth-order valence-corrected chi connectivity index (χ4v) is 4.59. The highest BCUT2D eigenvalue weighted by atomic mass is 16.2. The molecule has 170 valence electrons. The van der Waals surface area contributed by atoms with Crippen LogP contribution in [0.1, 0.15) is 38.2 Å². The molecular formula is C28H31N3O2. The van der Waals surface area contributed by atoms with Gasteiger partial charge in [0.15, 0.2) is 0 Å². The molecule has 0 aliphatic carbocycles. The summed E-state index contributed by atoms with van der Waals surface area (Å²) in [6.45, 7) is 7.83. The van der Waals surface area contributed by atoms with Crippen LogP contribution in [0.5, 0.6) is 0 Å². The molecule has 3 aromatic carbocycles. The van der Waals surface area contributed by atoms with E-state index >= 15 is 0 Å². The van der Waals surface area contributed by atoms with Crippen molar-refractivity contribution in [2.45, 2.75) is 33.7 Å². The summed E-state index contributed by atoms with van der Waals surface area (Å²) in [5, 5.41) is 2.96. The van der Waals surface area contributed by atoms with Crippen LogP contribution < -0.4 is 10.2 Å². The standard InChI is InChI=1S/C28H31N3O2/c1-19-15-20(2)27(21(3)16-19)29-26(32)18-30(4)28(33)23-9-11-25(12-10-23)31-14-13-22-7-5-6-8-24(22)17-31/h5-12,15-16H,13-14,17-18H2,1-4H3,(H,29,32). The van der Waals surface area contributed by atoms with Crippen LogP contribution >= 0.6 is 0 Å². The molecule has 0 aromatic heterocycles. The number of carbonyl (C=O) groups is 2. The predicted molar refractivity (Wildman–Crippen MR) is 134 cm³/mol. The maximum Gasteiger partial charge on any atom is 0.254 e. The van der Waals surface area contributed by atoms with Crippen molar-refractivity contribution < 1.29 is 9.59 Å². The SMILES string of the molecule is Cc1cc(C)c(NC(=O)CN(C)C(=O)c2ccc(N3CCc4ccccc4C3)cc2)c(C)c1. The molecule has 0 saturated carbocycles. The number of nitrogens with zero attached hydrogens (tertiary/aromatic N) is 2. The van der Waals surface area contributed by atoms with Crippen LogP contribution in [0.2, 0.25) is 0 Å². The number of likely N-dealkylation sites (N-methyl/N-ethyl adjacent to an activating group) is 1. The molecule has 4 rings (SSSR count). The average molecular weight is 442 g/mol. The van der Waals surface area contributed by atoms with Gasteiger partial charge in [0.2, 0.25) is 5.91 Å². The second kappa shape index (κ2) is 9.49. The van der Waals surface area contributed by atoms with Crippen molar-refractivity contribution in [3.05, 3.63) is 94.0 Å². The fraction of sp³-hybridized carbons (Fsp3) is 0.286. The van der Waals surface area contributed by atoms with Crippen molar-refractivity contribution in [2.24, 2.45) is 0 Å². The molecule has 2 amide bonds. The van der Waals surface area contributed by atoms with Crippen LogP contribution in [0.3, 0.4) is 0 Å². The minimum absolute atomic E-state index is 0.00372. The van der Waals surface area contributed by atoms with Crippen LogP contribution in [-0.2, 0) is 17.8 Å². The number of nitrogens with one attached hydrogen (secondary N) is 1. The first-order valence-electron chi connectivity index (χ1n) is 11.4. The molecule has 0 spiro atoms. The lowest BCUT2D eigenvalue weighted by atomic mass is 9.99. The molecule has 1 heterocycles. The van der Waals surface area contributed by atoms with Gasteiger partial charge in [0.25, 0.3) is 5.91 Å². The topological polar surface area (TPSA) is 52.7 Å². The summed E-state index contributed by atoms with van der Waals surface area (Å²) in [6.07, 6.45) is 1.02. The Bertz CT molecular complexity index is 1160. The van der Waals surface area contributed by atoms with Gasteiger partial charge in [-0.05, 0) is 73.7 Å². The normalized spacial score (nSPS) is 12.8. The Morgan fingerprint density at radius 2 is 1.58 bits per heavy atom. The number of hydrogen-bond donors (Lipinski definition) is 1. The lowest BCUT2D eigenvalue weighted by Crippen LogP contribution is -2.35. The molecule has 0 fully saturated rings. The number of amides is 2. The summed E-state index contributed by atoms with van der Waals surface area (Å²) in [6, 6.07) is 20.3. The third-order valence-corrected chi connectivity index (χ3v) is 6.28. The lowest BCUT2D eigenvalue weighted by Gasteiger charge is -2.31. The number of hydrogen-bond acceptors (Lipinski definition) is 3. The second-order valence-electron chi connectivity index (χ2n) is 8.97. The number of carbonyl (C=O) groups excluding carboxylic acids is 2. The molecule has 0 radical (unpaired) electrons. The minimum Gasteiger partial charge on any atom is -0.367 e. The largest absolute Gasteiger partial charge is 0.367 e. The Morgan fingerprint density at radius 1 is 0.939 bits per heavy atom. The Morgan fingerprint density at radius 3 is 2.24 bits per heavy atom. The van der Waals surface area contributed by atoms with Crippen molar-refractivity contribution in [2.75, 3.05) is 30.4 Å². The first-order valence-corrected chi connectivity index (χ1v) is 11.4. The first-order chi connectivity index (χ1) is 15.8. The molecular weight excluding hydrogens is 410 g/mol. The highest BCUT2D eigenvalue weighted by Crippen LogP contribution is 2.25. The molecule has 0 bridgehead atoms. The molecule has 3 aromatic rings. The van der Waals surface area contributed by atoms with Crippen LogP contribution in [0.4, 0.5) is 11.4 Å². The van der Waals surface area contributed by atoms with Gasteiger partial charge in [0.1, 0.15) is 0 Å². The van der Waals surface area contributed by atoms with Crippen LogP contribution in [0.25, 0.3) is 0 Å². The molecule has 1 aliphatic heterocycles. The van der Waals surface area contributed by atoms with Crippen LogP contribution in [0, 0.1) is 20.8 Å². The van der Waals surface area contributed by atoms with E-state index in [2.05, 4.69) is 34.5 Å². The highest BCUT2D eigenvalue weighted by Gasteiger charge is 2.19. The van der Waals surface area contributed by atoms with Crippen LogP contribution in [-0.4, -0.2) is 36.9 Å². The molecule has 33 heavy (non-hydrogen) atoms. The molecule has 0 unspecified atom stereocenters. The monoisotopic (exact) mass is 441 g/mol. The third kappa shape index (κ3) is 5.08. The highest BCUT2D eigenvalue weighted by molar-refractivity contribution is 6.00. The molecule has 0 saturated heterocycles. The van der Waals surface area contributed by atoms with Gasteiger partial charge < -0.3 is 15.1 Å². The van der Waals surface area contributed by atoms with Gasteiger partial charge in [-0.2, -0.15) is 0 Å². The van der Waals surface area contributed by atoms with E-state index in [9.17, 15) is 9.59 Å². The van der Waals surface area contributed by atoms with E-state index in [-0.39, 0.29) is 18.4 Å². The Kier molecular flexibility index (Phi) is 6.50. The van der Waals surface area contributed by atoms with Crippen molar-refractivity contribution in [1.82, 2.24) is 4.90 Å². The van der Waals surface area contributed by atoms with Crippen LogP contribution in [0.15, 0.2) is 60.7 Å². The predicted octanol–water partition coefficient (Wildman–Crippen LogP) is 4.89. The quantitative estimate of drug-likeness (QED) is 0.614. The second-order valence-corrected chi connectivity index (χ2v) is 8.97. The number of rotatable bonds is 5. The summed E-state index contributed by atoms with van der Waals surface area (Å²) < 4.78 is 0. The number of benzene rings is 3. The van der Waals surface area contributed by atoms with Crippen molar-refractivity contribution in [3.63, 3.8) is 0 Å². The van der Waals surface area contributed by atoms with E-state index in [0.29, 0.717) is 5.56 Å². The summed E-state index contributed by atoms with van der Waals surface area (Å²) in [5.74, 6) is -0.373. The Labute approximate surface area is 196 Å². The van der Waals surface area contributed by atoms with Gasteiger partial charge in [0, 0.05) is 37.1 Å². The zero-order valence-corrected chi connectivity index (χ0v) is 19.8. The van der Waals surface area contributed by atoms with Crippen molar-refractivity contribution in [3.8, 4) is 0 Å². The van der Waals surface area contributed by atoms with Gasteiger partial charge in [0.05, 0.1) is 6.54 Å². The summed E-state index contributed by atoms with van der Waals surface area (Å²) in [5.41, 5.74) is 8.47.